The minimum absolute atomic E-state index is 0.0597. The molecule has 0 saturated heterocycles. The molecular formula is C12H12N4O3S. The van der Waals surface area contributed by atoms with Crippen LogP contribution in [0.5, 0.6) is 0 Å². The van der Waals surface area contributed by atoms with Crippen molar-refractivity contribution in [3.63, 3.8) is 0 Å². The number of benzene rings is 1. The first-order chi connectivity index (χ1) is 9.58. The van der Waals surface area contributed by atoms with Crippen molar-refractivity contribution in [1.82, 2.24) is 14.8 Å². The number of carbonyl (C=O) groups excluding carboxylic acids is 1. The number of anilines is 1. The van der Waals surface area contributed by atoms with E-state index in [1.165, 1.54) is 17.8 Å². The number of carboxylic acid groups (broad SMARTS) is 1. The van der Waals surface area contributed by atoms with Crippen LogP contribution in [-0.2, 0) is 11.8 Å². The lowest BCUT2D eigenvalue weighted by molar-refractivity contribution is -0.113. The van der Waals surface area contributed by atoms with Crippen molar-refractivity contribution in [2.24, 2.45) is 7.05 Å². The van der Waals surface area contributed by atoms with E-state index in [-0.39, 0.29) is 22.9 Å². The smallest absolute Gasteiger partial charge is 0.337 e. The molecule has 1 aromatic carbocycles. The van der Waals surface area contributed by atoms with Gasteiger partial charge in [0, 0.05) is 7.05 Å². The van der Waals surface area contributed by atoms with Crippen LogP contribution in [0.15, 0.2) is 35.7 Å². The lowest BCUT2D eigenvalue weighted by Crippen LogP contribution is -2.16. The Bertz CT molecular complexity index is 641. The van der Waals surface area contributed by atoms with Crippen molar-refractivity contribution in [1.29, 1.82) is 0 Å². The molecule has 7 nitrogen and oxygen atoms in total. The van der Waals surface area contributed by atoms with Crippen LogP contribution in [0.25, 0.3) is 0 Å². The summed E-state index contributed by atoms with van der Waals surface area (Å²) < 4.78 is 1.70. The lowest BCUT2D eigenvalue weighted by Gasteiger charge is -2.07. The second-order valence-corrected chi connectivity index (χ2v) is 4.85. The second kappa shape index (κ2) is 6.20. The van der Waals surface area contributed by atoms with Gasteiger partial charge in [0.15, 0.2) is 5.16 Å². The first-order valence-electron chi connectivity index (χ1n) is 5.67. The highest BCUT2D eigenvalue weighted by Crippen LogP contribution is 2.17. The van der Waals surface area contributed by atoms with Crippen LogP contribution in [0.4, 0.5) is 5.69 Å². The molecule has 2 aromatic rings. The molecule has 0 aliphatic carbocycles. The number of thioether (sulfide) groups is 1. The van der Waals surface area contributed by atoms with Crippen LogP contribution >= 0.6 is 11.8 Å². The van der Waals surface area contributed by atoms with E-state index in [1.807, 2.05) is 0 Å². The highest BCUT2D eigenvalue weighted by molar-refractivity contribution is 7.99. The molecule has 0 saturated carbocycles. The zero-order chi connectivity index (χ0) is 14.5. The maximum Gasteiger partial charge on any atom is 0.337 e. The fraction of sp³-hybridized carbons (Fsp3) is 0.167. The van der Waals surface area contributed by atoms with Gasteiger partial charge in [-0.1, -0.05) is 23.9 Å². The minimum Gasteiger partial charge on any atom is -0.478 e. The maximum absolute atomic E-state index is 11.8. The topological polar surface area (TPSA) is 97.1 Å². The Kier molecular flexibility index (Phi) is 4.36. The molecule has 0 aliphatic rings. The molecule has 0 aliphatic heterocycles. The average molecular weight is 292 g/mol. The van der Waals surface area contributed by atoms with Gasteiger partial charge >= 0.3 is 5.97 Å². The van der Waals surface area contributed by atoms with Crippen molar-refractivity contribution in [2.75, 3.05) is 11.1 Å². The summed E-state index contributed by atoms with van der Waals surface area (Å²) in [7, 11) is 1.78. The number of aryl methyl sites for hydroxylation is 1. The van der Waals surface area contributed by atoms with Gasteiger partial charge in [0.05, 0.1) is 17.0 Å². The zero-order valence-corrected chi connectivity index (χ0v) is 11.4. The van der Waals surface area contributed by atoms with Crippen molar-refractivity contribution in [2.45, 2.75) is 5.16 Å². The number of carbonyl (C=O) groups is 2. The van der Waals surface area contributed by atoms with E-state index in [0.717, 1.165) is 0 Å². The van der Waals surface area contributed by atoms with Gasteiger partial charge in [0.2, 0.25) is 5.91 Å². The van der Waals surface area contributed by atoms with E-state index >= 15 is 0 Å². The molecule has 0 bridgehead atoms. The summed E-state index contributed by atoms with van der Waals surface area (Å²) in [5.41, 5.74) is 0.341. The Labute approximate surface area is 119 Å². The van der Waals surface area contributed by atoms with Crippen LogP contribution in [0.3, 0.4) is 0 Å². The molecule has 1 heterocycles. The summed E-state index contributed by atoms with van der Waals surface area (Å²) in [5, 5.41) is 19.8. The minimum atomic E-state index is -1.08. The number of aromatic nitrogens is 3. The largest absolute Gasteiger partial charge is 0.478 e. The number of hydrogen-bond acceptors (Lipinski definition) is 5. The summed E-state index contributed by atoms with van der Waals surface area (Å²) in [5.74, 6) is -1.26. The molecule has 104 valence electrons. The van der Waals surface area contributed by atoms with Crippen LogP contribution in [0.2, 0.25) is 0 Å². The molecule has 0 atom stereocenters. The monoisotopic (exact) mass is 292 g/mol. The molecule has 2 N–H and O–H groups in total. The number of aromatic carboxylic acids is 1. The number of rotatable bonds is 5. The van der Waals surface area contributed by atoms with Gasteiger partial charge in [-0.2, -0.15) is 0 Å². The van der Waals surface area contributed by atoms with Gasteiger partial charge in [-0.3, -0.25) is 4.79 Å². The fourth-order valence-corrected chi connectivity index (χ4v) is 2.19. The molecule has 0 fully saturated rings. The molecule has 20 heavy (non-hydrogen) atoms. The quantitative estimate of drug-likeness (QED) is 0.805. The van der Waals surface area contributed by atoms with Crippen molar-refractivity contribution < 1.29 is 14.7 Å². The SMILES string of the molecule is Cn1cnnc1SCC(=O)Nc1ccccc1C(=O)O. The number of carboxylic acids is 1. The summed E-state index contributed by atoms with van der Waals surface area (Å²) >= 11 is 1.23. The van der Waals surface area contributed by atoms with Gasteiger partial charge in [0.1, 0.15) is 6.33 Å². The Morgan fingerprint density at radius 3 is 2.80 bits per heavy atom. The zero-order valence-electron chi connectivity index (χ0n) is 10.6. The van der Waals surface area contributed by atoms with Crippen molar-refractivity contribution in [3.8, 4) is 0 Å². The Hall–Kier alpha value is -2.35. The van der Waals surface area contributed by atoms with E-state index in [4.69, 9.17) is 5.11 Å². The summed E-state index contributed by atoms with van der Waals surface area (Å²) in [6.45, 7) is 0. The molecule has 2 rings (SSSR count). The van der Waals surface area contributed by atoms with E-state index in [2.05, 4.69) is 15.5 Å². The molecule has 8 heteroatoms. The van der Waals surface area contributed by atoms with Crippen LogP contribution in [0, 0.1) is 0 Å². The van der Waals surface area contributed by atoms with E-state index in [1.54, 1.807) is 36.1 Å². The van der Waals surface area contributed by atoms with Crippen molar-refractivity contribution in [3.05, 3.63) is 36.2 Å². The van der Waals surface area contributed by atoms with Crippen LogP contribution in [0.1, 0.15) is 10.4 Å². The molecule has 1 aromatic heterocycles. The number of nitrogens with one attached hydrogen (secondary N) is 1. The fourth-order valence-electron chi connectivity index (χ4n) is 1.50. The molecule has 1 amide bonds. The van der Waals surface area contributed by atoms with E-state index < -0.39 is 5.97 Å². The van der Waals surface area contributed by atoms with Gasteiger partial charge in [-0.25, -0.2) is 4.79 Å². The number of nitrogens with zero attached hydrogens (tertiary/aromatic N) is 3. The average Bonchev–Trinajstić information content (AvgIpc) is 2.82. The Morgan fingerprint density at radius 2 is 2.15 bits per heavy atom. The predicted octanol–water partition coefficient (Wildman–Crippen LogP) is 1.24. The van der Waals surface area contributed by atoms with E-state index in [0.29, 0.717) is 5.16 Å². The molecular weight excluding hydrogens is 280 g/mol. The lowest BCUT2D eigenvalue weighted by atomic mass is 10.2. The highest BCUT2D eigenvalue weighted by Gasteiger charge is 2.12. The summed E-state index contributed by atoms with van der Waals surface area (Å²) in [6, 6.07) is 6.26. The molecule has 0 spiro atoms. The summed E-state index contributed by atoms with van der Waals surface area (Å²) in [4.78, 5) is 22.8. The van der Waals surface area contributed by atoms with Gasteiger partial charge in [-0.05, 0) is 12.1 Å². The van der Waals surface area contributed by atoms with Gasteiger partial charge in [0.25, 0.3) is 0 Å². The summed E-state index contributed by atoms with van der Waals surface area (Å²) in [6.07, 6.45) is 1.54. The number of hydrogen-bond donors (Lipinski definition) is 2. The van der Waals surface area contributed by atoms with Crippen LogP contribution < -0.4 is 5.32 Å². The standard InChI is InChI=1S/C12H12N4O3S/c1-16-7-13-15-12(16)20-6-10(17)14-9-5-3-2-4-8(9)11(18)19/h2-5,7H,6H2,1H3,(H,14,17)(H,18,19). The van der Waals surface area contributed by atoms with E-state index in [9.17, 15) is 9.59 Å². The predicted molar refractivity (Wildman–Crippen MR) is 73.8 cm³/mol. The van der Waals surface area contributed by atoms with Crippen LogP contribution in [-0.4, -0.2) is 37.5 Å². The van der Waals surface area contributed by atoms with Crippen molar-refractivity contribution >= 4 is 29.3 Å². The number of amides is 1. The Morgan fingerprint density at radius 1 is 1.40 bits per heavy atom. The van der Waals surface area contributed by atoms with Gasteiger partial charge in [-0.15, -0.1) is 10.2 Å². The first-order valence-corrected chi connectivity index (χ1v) is 6.65. The first kappa shape index (κ1) is 14.1. The normalized spacial score (nSPS) is 10.2. The molecule has 0 unspecified atom stereocenters. The second-order valence-electron chi connectivity index (χ2n) is 3.91. The molecule has 0 radical (unpaired) electrons. The van der Waals surface area contributed by atoms with Gasteiger partial charge < -0.3 is 15.0 Å². The third-order valence-corrected chi connectivity index (χ3v) is 3.47. The maximum atomic E-state index is 11.8. The number of para-hydroxylation sites is 1. The third-order valence-electron chi connectivity index (χ3n) is 2.43. The highest BCUT2D eigenvalue weighted by atomic mass is 32.2. The Balaban J connectivity index is 1.98. The third kappa shape index (κ3) is 3.35.